The molecular formula is C32H34N4O4. The normalized spacial score (nSPS) is 17.5. The molecule has 0 saturated carbocycles. The van der Waals surface area contributed by atoms with E-state index in [1.165, 1.54) is 4.90 Å². The fraction of sp³-hybridized carbons (Fsp3) is 0.281. The van der Waals surface area contributed by atoms with Crippen molar-refractivity contribution in [3.63, 3.8) is 0 Å². The summed E-state index contributed by atoms with van der Waals surface area (Å²) >= 11 is 0. The van der Waals surface area contributed by atoms with Crippen molar-refractivity contribution in [1.29, 1.82) is 0 Å². The molecule has 5 rings (SSSR count). The fourth-order valence-electron chi connectivity index (χ4n) is 5.47. The van der Waals surface area contributed by atoms with Crippen LogP contribution in [0.15, 0.2) is 91.1 Å². The second-order valence-corrected chi connectivity index (χ2v) is 10.5. The number of likely N-dealkylation sites (tertiary alicyclic amines) is 1. The van der Waals surface area contributed by atoms with Crippen LogP contribution in [-0.2, 0) is 29.6 Å². The minimum absolute atomic E-state index is 0.0470. The molecule has 1 unspecified atom stereocenters. The zero-order chi connectivity index (χ0) is 28.2. The smallest absolute Gasteiger partial charge is 0.256 e. The second kappa shape index (κ2) is 11.8. The number of aromatic nitrogens is 1. The van der Waals surface area contributed by atoms with E-state index >= 15 is 0 Å². The number of benzene rings is 3. The molecule has 0 aliphatic carbocycles. The molecule has 8 nitrogen and oxygen atoms in total. The van der Waals surface area contributed by atoms with Crippen LogP contribution in [0.1, 0.15) is 27.9 Å². The lowest BCUT2D eigenvalue weighted by atomic mass is 10.0. The van der Waals surface area contributed by atoms with Gasteiger partial charge in [-0.15, -0.1) is 0 Å². The van der Waals surface area contributed by atoms with Gasteiger partial charge in [-0.05, 0) is 17.2 Å². The van der Waals surface area contributed by atoms with E-state index in [0.29, 0.717) is 18.5 Å². The van der Waals surface area contributed by atoms with E-state index in [2.05, 4.69) is 5.32 Å². The summed E-state index contributed by atoms with van der Waals surface area (Å²) in [5.74, 6) is -1.00. The van der Waals surface area contributed by atoms with E-state index in [9.17, 15) is 19.5 Å². The maximum absolute atomic E-state index is 13.7. The number of nitrogens with zero attached hydrogens (tertiary/aromatic N) is 3. The molecule has 0 radical (unpaired) electrons. The van der Waals surface area contributed by atoms with E-state index < -0.39 is 24.1 Å². The molecule has 40 heavy (non-hydrogen) atoms. The molecule has 2 heterocycles. The molecule has 1 aliphatic rings. The number of aliphatic hydroxyl groups is 1. The number of nitrogens with one attached hydrogen (secondary N) is 1. The predicted octanol–water partition coefficient (Wildman–Crippen LogP) is 3.14. The number of fused-ring (bicyclic) bond motifs is 1. The fourth-order valence-corrected chi connectivity index (χ4v) is 5.47. The number of likely N-dealkylation sites (N-methyl/N-ethyl adjacent to an activating group) is 1. The first-order valence-corrected chi connectivity index (χ1v) is 13.5. The molecule has 1 aliphatic heterocycles. The molecule has 0 spiro atoms. The van der Waals surface area contributed by atoms with Gasteiger partial charge in [-0.3, -0.25) is 14.4 Å². The first-order chi connectivity index (χ1) is 19.3. The summed E-state index contributed by atoms with van der Waals surface area (Å²) in [6.45, 7) is 0.444. The van der Waals surface area contributed by atoms with Gasteiger partial charge in [-0.1, -0.05) is 78.9 Å². The molecule has 1 saturated heterocycles. The number of para-hydroxylation sites is 1. The summed E-state index contributed by atoms with van der Waals surface area (Å²) in [6, 6.07) is 25.0. The SMILES string of the molecule is CN(Cc1ccccc1)C(=O)[C@@H](Cc1ccccc1)NC(=O)C1C[C@@H](O)CN1C(=O)c1cn(C)c2ccccc12. The van der Waals surface area contributed by atoms with Crippen molar-refractivity contribution in [3.05, 3.63) is 108 Å². The third-order valence-corrected chi connectivity index (χ3v) is 7.51. The quantitative estimate of drug-likeness (QED) is 0.360. The van der Waals surface area contributed by atoms with Gasteiger partial charge in [0.1, 0.15) is 12.1 Å². The number of hydrogen-bond donors (Lipinski definition) is 2. The second-order valence-electron chi connectivity index (χ2n) is 10.5. The first-order valence-electron chi connectivity index (χ1n) is 13.5. The Morgan fingerprint density at radius 1 is 0.950 bits per heavy atom. The number of carbonyl (C=O) groups excluding carboxylic acids is 3. The molecule has 3 aromatic carbocycles. The molecule has 0 bridgehead atoms. The van der Waals surface area contributed by atoms with Crippen molar-refractivity contribution in [2.45, 2.75) is 37.6 Å². The zero-order valence-corrected chi connectivity index (χ0v) is 22.7. The average Bonchev–Trinajstić information content (AvgIpc) is 3.53. The standard InChI is InChI=1S/C32H34N4O4/c1-34-21-26(25-15-9-10-16-28(25)34)31(39)36-20-24(37)18-29(36)30(38)33-27(17-22-11-5-3-6-12-22)32(40)35(2)19-23-13-7-4-8-14-23/h3-16,21,24,27,29,37H,17-20H2,1-2H3,(H,33,38)/t24-,27-,29?/m1/s1. The maximum Gasteiger partial charge on any atom is 0.256 e. The van der Waals surface area contributed by atoms with Crippen molar-refractivity contribution < 1.29 is 19.5 Å². The number of amides is 3. The van der Waals surface area contributed by atoms with Gasteiger partial charge in [0.05, 0.1) is 11.7 Å². The van der Waals surface area contributed by atoms with Crippen LogP contribution in [0.5, 0.6) is 0 Å². The number of hydrogen-bond acceptors (Lipinski definition) is 4. The lowest BCUT2D eigenvalue weighted by molar-refractivity contribution is -0.136. The van der Waals surface area contributed by atoms with Gasteiger partial charge in [0.2, 0.25) is 11.8 Å². The van der Waals surface area contributed by atoms with Crippen LogP contribution in [0, 0.1) is 0 Å². The number of aryl methyl sites for hydroxylation is 1. The van der Waals surface area contributed by atoms with Crippen molar-refractivity contribution in [1.82, 2.24) is 19.7 Å². The third-order valence-electron chi connectivity index (χ3n) is 7.51. The van der Waals surface area contributed by atoms with Gasteiger partial charge in [0.15, 0.2) is 0 Å². The summed E-state index contributed by atoms with van der Waals surface area (Å²) in [5, 5.41) is 14.2. The summed E-state index contributed by atoms with van der Waals surface area (Å²) in [6.07, 6.45) is 1.33. The van der Waals surface area contributed by atoms with E-state index in [1.807, 2.05) is 96.5 Å². The Morgan fingerprint density at radius 2 is 1.57 bits per heavy atom. The largest absolute Gasteiger partial charge is 0.391 e. The number of β-amino-alcohol motifs (C(OH)–C–C–N with tert-alkyl or cyclic N) is 1. The minimum Gasteiger partial charge on any atom is -0.391 e. The summed E-state index contributed by atoms with van der Waals surface area (Å²) < 4.78 is 1.88. The maximum atomic E-state index is 13.7. The molecule has 3 amide bonds. The summed E-state index contributed by atoms with van der Waals surface area (Å²) in [7, 11) is 3.59. The number of rotatable bonds is 8. The van der Waals surface area contributed by atoms with E-state index in [-0.39, 0.29) is 24.8 Å². The van der Waals surface area contributed by atoms with Gasteiger partial charge >= 0.3 is 0 Å². The molecule has 4 aromatic rings. The lowest BCUT2D eigenvalue weighted by Crippen LogP contribution is -2.54. The van der Waals surface area contributed by atoms with Crippen molar-refractivity contribution >= 4 is 28.6 Å². The number of aliphatic hydroxyl groups excluding tert-OH is 1. The van der Waals surface area contributed by atoms with Crippen LogP contribution >= 0.6 is 0 Å². The van der Waals surface area contributed by atoms with Crippen LogP contribution in [0.4, 0.5) is 0 Å². The lowest BCUT2D eigenvalue weighted by Gasteiger charge is -2.28. The predicted molar refractivity (Wildman–Crippen MR) is 153 cm³/mol. The Hall–Kier alpha value is -4.43. The zero-order valence-electron chi connectivity index (χ0n) is 22.7. The van der Waals surface area contributed by atoms with Gasteiger partial charge in [0, 0.05) is 57.1 Å². The Bertz CT molecular complexity index is 1500. The van der Waals surface area contributed by atoms with E-state index in [0.717, 1.165) is 22.0 Å². The highest BCUT2D eigenvalue weighted by molar-refractivity contribution is 6.08. The minimum atomic E-state index is -0.896. The van der Waals surface area contributed by atoms with Gasteiger partial charge in [-0.2, -0.15) is 0 Å². The van der Waals surface area contributed by atoms with Crippen LogP contribution in [0.2, 0.25) is 0 Å². The Morgan fingerprint density at radius 3 is 2.27 bits per heavy atom. The molecule has 1 aromatic heterocycles. The molecular weight excluding hydrogens is 504 g/mol. The van der Waals surface area contributed by atoms with Crippen molar-refractivity contribution in [3.8, 4) is 0 Å². The van der Waals surface area contributed by atoms with Crippen molar-refractivity contribution in [2.75, 3.05) is 13.6 Å². The Labute approximate surface area is 233 Å². The van der Waals surface area contributed by atoms with Crippen molar-refractivity contribution in [2.24, 2.45) is 7.05 Å². The third kappa shape index (κ3) is 5.77. The molecule has 2 N–H and O–H groups in total. The van der Waals surface area contributed by atoms with E-state index in [1.54, 1.807) is 18.1 Å². The number of carbonyl (C=O) groups is 3. The van der Waals surface area contributed by atoms with Crippen LogP contribution in [0.25, 0.3) is 10.9 Å². The Balaban J connectivity index is 1.37. The highest BCUT2D eigenvalue weighted by Crippen LogP contribution is 2.26. The van der Waals surface area contributed by atoms with E-state index in [4.69, 9.17) is 0 Å². The van der Waals surface area contributed by atoms with Crippen LogP contribution < -0.4 is 5.32 Å². The molecule has 1 fully saturated rings. The highest BCUT2D eigenvalue weighted by Gasteiger charge is 2.41. The molecule has 3 atom stereocenters. The van der Waals surface area contributed by atoms with Gasteiger partial charge < -0.3 is 24.8 Å². The van der Waals surface area contributed by atoms with Crippen LogP contribution in [-0.4, -0.2) is 69.0 Å². The monoisotopic (exact) mass is 538 g/mol. The van der Waals surface area contributed by atoms with Gasteiger partial charge in [0.25, 0.3) is 5.91 Å². The average molecular weight is 539 g/mol. The van der Waals surface area contributed by atoms with Gasteiger partial charge in [-0.25, -0.2) is 0 Å². The topological polar surface area (TPSA) is 94.9 Å². The van der Waals surface area contributed by atoms with Crippen LogP contribution in [0.3, 0.4) is 0 Å². The molecule has 8 heteroatoms. The summed E-state index contributed by atoms with van der Waals surface area (Å²) in [4.78, 5) is 44.1. The highest BCUT2D eigenvalue weighted by atomic mass is 16.3. The molecule has 206 valence electrons. The first kappa shape index (κ1) is 27.1. The Kier molecular flexibility index (Phi) is 7.98. The summed E-state index contributed by atoms with van der Waals surface area (Å²) in [5.41, 5.74) is 3.27.